The summed E-state index contributed by atoms with van der Waals surface area (Å²) in [6.45, 7) is 5.91. The van der Waals surface area contributed by atoms with Gasteiger partial charge in [0.2, 0.25) is 11.7 Å². The zero-order valence-electron chi connectivity index (χ0n) is 22.9. The topological polar surface area (TPSA) is 154 Å². The Morgan fingerprint density at radius 1 is 1.02 bits per heavy atom. The molecule has 0 atom stereocenters. The van der Waals surface area contributed by atoms with E-state index in [0.717, 1.165) is 11.4 Å². The van der Waals surface area contributed by atoms with Gasteiger partial charge in [-0.05, 0) is 81.4 Å². The van der Waals surface area contributed by atoms with Crippen molar-refractivity contribution < 1.29 is 22.4 Å². The second-order valence-electron chi connectivity index (χ2n) is 8.95. The van der Waals surface area contributed by atoms with Crippen LogP contribution in [0.5, 0.6) is 5.75 Å². The lowest BCUT2D eigenvalue weighted by atomic mass is 10.3. The lowest BCUT2D eigenvalue weighted by molar-refractivity contribution is -0.113. The maximum atomic E-state index is 12.8. The first-order valence-corrected chi connectivity index (χ1v) is 15.3. The van der Waals surface area contributed by atoms with Crippen LogP contribution in [0.2, 0.25) is 0 Å². The molecule has 42 heavy (non-hydrogen) atoms. The fourth-order valence-electron chi connectivity index (χ4n) is 4.03. The molecule has 14 heteroatoms. The quantitative estimate of drug-likeness (QED) is 0.199. The van der Waals surface area contributed by atoms with Crippen LogP contribution in [-0.2, 0) is 14.8 Å². The zero-order valence-corrected chi connectivity index (χ0v) is 24.6. The lowest BCUT2D eigenvalue weighted by Crippen LogP contribution is -2.16. The second-order valence-corrected chi connectivity index (χ2v) is 11.6. The van der Waals surface area contributed by atoms with Gasteiger partial charge in [0.1, 0.15) is 17.4 Å². The van der Waals surface area contributed by atoms with Crippen LogP contribution >= 0.6 is 11.8 Å². The summed E-state index contributed by atoms with van der Waals surface area (Å²) in [6.07, 6.45) is 1.55. The number of carbonyl (C=O) groups excluding carboxylic acids is 1. The van der Waals surface area contributed by atoms with Crippen molar-refractivity contribution in [2.45, 2.75) is 30.8 Å². The molecule has 0 saturated heterocycles. The van der Waals surface area contributed by atoms with Gasteiger partial charge in [0.25, 0.3) is 10.0 Å². The van der Waals surface area contributed by atoms with Crippen molar-refractivity contribution in [2.24, 2.45) is 0 Å². The first kappa shape index (κ1) is 28.8. The van der Waals surface area contributed by atoms with Crippen LogP contribution in [0.25, 0.3) is 17.3 Å². The normalized spacial score (nSPS) is 11.3. The second kappa shape index (κ2) is 12.4. The van der Waals surface area contributed by atoms with Crippen LogP contribution < -0.4 is 14.8 Å². The maximum Gasteiger partial charge on any atom is 0.263 e. The molecule has 2 N–H and O–H groups in total. The van der Waals surface area contributed by atoms with Gasteiger partial charge in [0, 0.05) is 17.4 Å². The summed E-state index contributed by atoms with van der Waals surface area (Å²) in [7, 11) is -3.88. The van der Waals surface area contributed by atoms with Crippen molar-refractivity contribution in [3.05, 3.63) is 84.5 Å². The van der Waals surface area contributed by atoms with Crippen molar-refractivity contribution in [3.8, 4) is 23.0 Å². The molecule has 12 nitrogen and oxygen atoms in total. The van der Waals surface area contributed by atoms with Gasteiger partial charge in [-0.3, -0.25) is 14.1 Å². The molecule has 0 aliphatic carbocycles. The number of nitrogens with one attached hydrogen (secondary N) is 2. The molecule has 0 radical (unpaired) electrons. The summed E-state index contributed by atoms with van der Waals surface area (Å²) in [4.78, 5) is 21.1. The average Bonchev–Trinajstić information content (AvgIpc) is 3.62. The summed E-state index contributed by atoms with van der Waals surface area (Å²) < 4.78 is 41.0. The Bertz CT molecular complexity index is 1770. The summed E-state index contributed by atoms with van der Waals surface area (Å²) in [5.41, 5.74) is 1.86. The smallest absolute Gasteiger partial charge is 0.263 e. The Morgan fingerprint density at radius 3 is 2.45 bits per heavy atom. The van der Waals surface area contributed by atoms with Gasteiger partial charge in [-0.25, -0.2) is 18.4 Å². The third kappa shape index (κ3) is 6.78. The van der Waals surface area contributed by atoms with E-state index >= 15 is 0 Å². The molecule has 0 saturated carbocycles. The van der Waals surface area contributed by atoms with Crippen molar-refractivity contribution in [3.63, 3.8) is 0 Å². The molecule has 2 aromatic carbocycles. The third-order valence-corrected chi connectivity index (χ3v) is 8.07. The van der Waals surface area contributed by atoms with Gasteiger partial charge in [0.05, 0.1) is 29.2 Å². The number of thioether (sulfide) groups is 1. The SMILES string of the molecule is CCOc1ccc(-n2c(SCC(=O)Nc3ccc(S(=O)(=O)Nc4cc(C)nc(C)n4)cc3)nnc2-c2ccco2)cc1. The van der Waals surface area contributed by atoms with Crippen LogP contribution in [0.1, 0.15) is 18.4 Å². The molecular formula is C28H27N7O5S2. The Kier molecular flexibility index (Phi) is 8.54. The number of anilines is 2. The van der Waals surface area contributed by atoms with Gasteiger partial charge >= 0.3 is 0 Å². The zero-order chi connectivity index (χ0) is 29.7. The summed E-state index contributed by atoms with van der Waals surface area (Å²) in [5, 5.41) is 11.9. The number of nitrogens with zero attached hydrogens (tertiary/aromatic N) is 5. The van der Waals surface area contributed by atoms with Gasteiger partial charge in [-0.15, -0.1) is 10.2 Å². The Hall–Kier alpha value is -4.69. The number of ether oxygens (including phenoxy) is 1. The van der Waals surface area contributed by atoms with E-state index in [1.54, 1.807) is 42.9 Å². The molecule has 0 aliphatic rings. The van der Waals surface area contributed by atoms with Crippen LogP contribution in [0.15, 0.2) is 87.5 Å². The molecule has 0 fully saturated rings. The standard InChI is InChI=1S/C28H27N7O5S2/c1-4-39-22-11-9-21(10-12-22)35-27(24-6-5-15-40-24)32-33-28(35)41-17-26(36)31-20-7-13-23(14-8-20)42(37,38)34-25-16-18(2)29-19(3)30-25/h5-16H,4,17H2,1-3H3,(H,31,36)(H,29,30,34). The summed E-state index contributed by atoms with van der Waals surface area (Å²) in [5.74, 6) is 2.12. The highest BCUT2D eigenvalue weighted by atomic mass is 32.2. The number of furan rings is 1. The van der Waals surface area contributed by atoms with Crippen LogP contribution in [0.3, 0.4) is 0 Å². The van der Waals surface area contributed by atoms with Crippen LogP contribution in [0, 0.1) is 13.8 Å². The lowest BCUT2D eigenvalue weighted by Gasteiger charge is -2.11. The number of aryl methyl sites for hydroxylation is 2. The number of aromatic nitrogens is 5. The number of benzene rings is 2. The van der Waals surface area contributed by atoms with E-state index in [4.69, 9.17) is 9.15 Å². The molecule has 5 aromatic rings. The number of hydrogen-bond donors (Lipinski definition) is 2. The minimum atomic E-state index is -3.88. The number of hydrogen-bond acceptors (Lipinski definition) is 10. The van der Waals surface area contributed by atoms with E-state index in [1.165, 1.54) is 36.0 Å². The summed E-state index contributed by atoms with van der Waals surface area (Å²) in [6, 6.07) is 18.4. The highest BCUT2D eigenvalue weighted by Gasteiger charge is 2.20. The first-order chi connectivity index (χ1) is 20.2. The number of sulfonamides is 1. The van der Waals surface area contributed by atoms with E-state index < -0.39 is 10.0 Å². The van der Waals surface area contributed by atoms with Crippen LogP contribution in [0.4, 0.5) is 11.5 Å². The molecular weight excluding hydrogens is 578 g/mol. The van der Waals surface area contributed by atoms with E-state index in [1.807, 2.05) is 31.2 Å². The predicted molar refractivity (Wildman–Crippen MR) is 158 cm³/mol. The highest BCUT2D eigenvalue weighted by molar-refractivity contribution is 7.99. The highest BCUT2D eigenvalue weighted by Crippen LogP contribution is 2.29. The number of carbonyl (C=O) groups is 1. The van der Waals surface area contributed by atoms with E-state index in [0.29, 0.717) is 40.6 Å². The van der Waals surface area contributed by atoms with Gasteiger partial charge < -0.3 is 14.5 Å². The minimum absolute atomic E-state index is 0.0257. The molecule has 1 amide bonds. The number of amides is 1. The van der Waals surface area contributed by atoms with E-state index in [2.05, 4.69) is 30.2 Å². The monoisotopic (exact) mass is 605 g/mol. The van der Waals surface area contributed by atoms with Crippen molar-refractivity contribution in [2.75, 3.05) is 22.4 Å². The van der Waals surface area contributed by atoms with E-state index in [9.17, 15) is 13.2 Å². The van der Waals surface area contributed by atoms with Gasteiger partial charge in [0.15, 0.2) is 10.9 Å². The van der Waals surface area contributed by atoms with Crippen LogP contribution in [-0.4, -0.2) is 51.4 Å². The Balaban J connectivity index is 1.26. The van der Waals surface area contributed by atoms with Crippen molar-refractivity contribution >= 4 is 39.2 Å². The molecule has 216 valence electrons. The predicted octanol–water partition coefficient (Wildman–Crippen LogP) is 4.86. The minimum Gasteiger partial charge on any atom is -0.494 e. The average molecular weight is 606 g/mol. The van der Waals surface area contributed by atoms with Crippen molar-refractivity contribution in [1.29, 1.82) is 0 Å². The first-order valence-electron chi connectivity index (χ1n) is 12.8. The third-order valence-electron chi connectivity index (χ3n) is 5.77. The fourth-order valence-corrected chi connectivity index (χ4v) is 5.77. The largest absolute Gasteiger partial charge is 0.494 e. The maximum absolute atomic E-state index is 12.8. The molecule has 3 aromatic heterocycles. The fraction of sp³-hybridized carbons (Fsp3) is 0.179. The summed E-state index contributed by atoms with van der Waals surface area (Å²) >= 11 is 1.20. The van der Waals surface area contributed by atoms with E-state index in [-0.39, 0.29) is 22.4 Å². The Labute approximate surface area is 246 Å². The molecule has 0 unspecified atom stereocenters. The molecule has 0 spiro atoms. The van der Waals surface area contributed by atoms with Gasteiger partial charge in [-0.2, -0.15) is 0 Å². The number of rotatable bonds is 11. The molecule has 0 bridgehead atoms. The van der Waals surface area contributed by atoms with Gasteiger partial charge in [-0.1, -0.05) is 11.8 Å². The molecule has 5 rings (SSSR count). The Morgan fingerprint density at radius 2 is 1.79 bits per heavy atom. The van der Waals surface area contributed by atoms with Crippen molar-refractivity contribution in [1.82, 2.24) is 24.7 Å². The molecule has 3 heterocycles. The molecule has 0 aliphatic heterocycles.